The molecule has 1 saturated heterocycles. The SMILES string of the molecule is COCCCNC(=O)C1CSC(c2cccs2)N1C(=O)c1ccc(Cl)cc1. The largest absolute Gasteiger partial charge is 0.385 e. The number of rotatable bonds is 7. The molecular weight excluding hydrogens is 404 g/mol. The second-order valence-electron chi connectivity index (χ2n) is 6.07. The Morgan fingerprint density at radius 1 is 1.30 bits per heavy atom. The number of amides is 2. The average Bonchev–Trinajstić information content (AvgIpc) is 3.34. The van der Waals surface area contributed by atoms with Gasteiger partial charge in [0.1, 0.15) is 11.4 Å². The van der Waals surface area contributed by atoms with Crippen molar-refractivity contribution in [3.63, 3.8) is 0 Å². The number of carbonyl (C=O) groups excluding carboxylic acids is 2. The van der Waals surface area contributed by atoms with Crippen molar-refractivity contribution in [3.8, 4) is 0 Å². The molecule has 144 valence electrons. The fourth-order valence-corrected chi connectivity index (χ4v) is 5.42. The predicted octanol–water partition coefficient (Wildman–Crippen LogP) is 3.81. The minimum atomic E-state index is -0.507. The summed E-state index contributed by atoms with van der Waals surface area (Å²) in [6.07, 6.45) is 0.738. The van der Waals surface area contributed by atoms with E-state index in [0.717, 1.165) is 11.3 Å². The topological polar surface area (TPSA) is 58.6 Å². The Labute approximate surface area is 172 Å². The number of nitrogens with zero attached hydrogens (tertiary/aromatic N) is 1. The third-order valence-corrected chi connectivity index (χ3v) is 6.87. The Hall–Kier alpha value is -1.54. The van der Waals surface area contributed by atoms with Crippen LogP contribution >= 0.6 is 34.7 Å². The van der Waals surface area contributed by atoms with E-state index in [2.05, 4.69) is 5.32 Å². The number of ether oxygens (including phenoxy) is 1. The van der Waals surface area contributed by atoms with Crippen LogP contribution in [-0.4, -0.2) is 48.8 Å². The normalized spacial score (nSPS) is 19.3. The highest BCUT2D eigenvalue weighted by molar-refractivity contribution is 7.99. The monoisotopic (exact) mass is 424 g/mol. The van der Waals surface area contributed by atoms with Crippen LogP contribution in [0.5, 0.6) is 0 Å². The van der Waals surface area contributed by atoms with Crippen molar-refractivity contribution in [2.45, 2.75) is 17.8 Å². The summed E-state index contributed by atoms with van der Waals surface area (Å²) < 4.78 is 5.01. The molecule has 2 atom stereocenters. The van der Waals surface area contributed by atoms with E-state index in [1.807, 2.05) is 17.5 Å². The Morgan fingerprint density at radius 2 is 2.07 bits per heavy atom. The van der Waals surface area contributed by atoms with Gasteiger partial charge < -0.3 is 15.0 Å². The molecule has 2 aromatic rings. The number of benzene rings is 1. The van der Waals surface area contributed by atoms with Crippen molar-refractivity contribution in [1.29, 1.82) is 0 Å². The maximum atomic E-state index is 13.2. The molecule has 1 fully saturated rings. The minimum absolute atomic E-state index is 0.125. The average molecular weight is 425 g/mol. The number of hydrogen-bond acceptors (Lipinski definition) is 5. The summed E-state index contributed by atoms with van der Waals surface area (Å²) in [6.45, 7) is 1.12. The number of carbonyl (C=O) groups is 2. The molecule has 8 heteroatoms. The maximum absolute atomic E-state index is 13.2. The molecule has 0 bridgehead atoms. The van der Waals surface area contributed by atoms with Gasteiger partial charge in [-0.1, -0.05) is 17.7 Å². The molecule has 1 aliphatic heterocycles. The van der Waals surface area contributed by atoms with Crippen molar-refractivity contribution < 1.29 is 14.3 Å². The Balaban J connectivity index is 1.80. The highest BCUT2D eigenvalue weighted by Gasteiger charge is 2.42. The molecule has 1 aromatic carbocycles. The quantitative estimate of drug-likeness (QED) is 0.686. The zero-order valence-corrected chi connectivity index (χ0v) is 17.3. The highest BCUT2D eigenvalue weighted by atomic mass is 35.5. The van der Waals surface area contributed by atoms with E-state index in [1.165, 1.54) is 0 Å². The molecule has 1 N–H and O–H groups in total. The number of thioether (sulfide) groups is 1. The number of hydrogen-bond donors (Lipinski definition) is 1. The first-order chi connectivity index (χ1) is 13.1. The van der Waals surface area contributed by atoms with E-state index in [1.54, 1.807) is 59.4 Å². The van der Waals surface area contributed by atoms with Gasteiger partial charge >= 0.3 is 0 Å². The van der Waals surface area contributed by atoms with Crippen LogP contribution in [0.1, 0.15) is 27.0 Å². The van der Waals surface area contributed by atoms with Crippen molar-refractivity contribution in [2.24, 2.45) is 0 Å². The van der Waals surface area contributed by atoms with E-state index in [0.29, 0.717) is 29.5 Å². The van der Waals surface area contributed by atoms with Crippen LogP contribution < -0.4 is 5.32 Å². The molecule has 27 heavy (non-hydrogen) atoms. The fraction of sp³-hybridized carbons (Fsp3) is 0.368. The summed E-state index contributed by atoms with van der Waals surface area (Å²) in [4.78, 5) is 28.7. The minimum Gasteiger partial charge on any atom is -0.385 e. The molecular formula is C19H21ClN2O3S2. The first-order valence-corrected chi connectivity index (χ1v) is 10.9. The van der Waals surface area contributed by atoms with Gasteiger partial charge in [0.15, 0.2) is 0 Å². The van der Waals surface area contributed by atoms with Crippen LogP contribution in [-0.2, 0) is 9.53 Å². The van der Waals surface area contributed by atoms with Gasteiger partial charge in [-0.15, -0.1) is 23.1 Å². The summed E-state index contributed by atoms with van der Waals surface area (Å²) in [5.41, 5.74) is 0.528. The molecule has 5 nitrogen and oxygen atoms in total. The van der Waals surface area contributed by atoms with E-state index >= 15 is 0 Å². The molecule has 2 heterocycles. The molecule has 0 radical (unpaired) electrons. The molecule has 1 aliphatic rings. The van der Waals surface area contributed by atoms with E-state index in [-0.39, 0.29) is 17.2 Å². The summed E-state index contributed by atoms with van der Waals surface area (Å²) in [5.74, 6) is 0.282. The number of methoxy groups -OCH3 is 1. The van der Waals surface area contributed by atoms with E-state index in [9.17, 15) is 9.59 Å². The lowest BCUT2D eigenvalue weighted by Gasteiger charge is -2.28. The molecule has 1 aromatic heterocycles. The van der Waals surface area contributed by atoms with Crippen LogP contribution in [0, 0.1) is 0 Å². The highest BCUT2D eigenvalue weighted by Crippen LogP contribution is 2.43. The standard InChI is InChI=1S/C19H21ClN2O3S2/c1-25-10-3-9-21-17(23)15-12-27-19(16-4-2-11-26-16)22(15)18(24)13-5-7-14(20)8-6-13/h2,4-8,11,15,19H,3,9-10,12H2,1H3,(H,21,23). The summed E-state index contributed by atoms with van der Waals surface area (Å²) >= 11 is 9.16. The van der Waals surface area contributed by atoms with Gasteiger partial charge in [-0.3, -0.25) is 9.59 Å². The molecule has 0 aliphatic carbocycles. The van der Waals surface area contributed by atoms with E-state index < -0.39 is 6.04 Å². The first kappa shape index (κ1) is 20.2. The predicted molar refractivity (Wildman–Crippen MR) is 110 cm³/mol. The Kier molecular flexibility index (Phi) is 7.18. The van der Waals surface area contributed by atoms with Crippen molar-refractivity contribution in [2.75, 3.05) is 26.0 Å². The summed E-state index contributed by atoms with van der Waals surface area (Å²) in [5, 5.41) is 5.32. The molecule has 2 amide bonds. The number of thiophene rings is 1. The van der Waals surface area contributed by atoms with Crippen LogP contribution in [0.4, 0.5) is 0 Å². The summed E-state index contributed by atoms with van der Waals surface area (Å²) in [6, 6.07) is 10.2. The molecule has 3 rings (SSSR count). The lowest BCUT2D eigenvalue weighted by molar-refractivity contribution is -0.124. The summed E-state index contributed by atoms with van der Waals surface area (Å²) in [7, 11) is 1.63. The second-order valence-corrected chi connectivity index (χ2v) is 8.60. The van der Waals surface area contributed by atoms with Gasteiger partial charge in [-0.25, -0.2) is 0 Å². The van der Waals surface area contributed by atoms with Gasteiger partial charge in [-0.05, 0) is 42.1 Å². The lowest BCUT2D eigenvalue weighted by Crippen LogP contribution is -2.48. The van der Waals surface area contributed by atoms with Gasteiger partial charge in [-0.2, -0.15) is 0 Å². The maximum Gasteiger partial charge on any atom is 0.255 e. The van der Waals surface area contributed by atoms with Crippen LogP contribution in [0.15, 0.2) is 41.8 Å². The van der Waals surface area contributed by atoms with Crippen molar-refractivity contribution >= 4 is 46.5 Å². The smallest absolute Gasteiger partial charge is 0.255 e. The van der Waals surface area contributed by atoms with Crippen LogP contribution in [0.25, 0.3) is 0 Å². The third kappa shape index (κ3) is 4.85. The third-order valence-electron chi connectivity index (χ3n) is 4.24. The molecule has 0 saturated carbocycles. The first-order valence-electron chi connectivity index (χ1n) is 8.61. The lowest BCUT2D eigenvalue weighted by atomic mass is 10.1. The van der Waals surface area contributed by atoms with Crippen LogP contribution in [0.2, 0.25) is 5.02 Å². The van der Waals surface area contributed by atoms with Gasteiger partial charge in [0, 0.05) is 41.5 Å². The Morgan fingerprint density at radius 3 is 2.74 bits per heavy atom. The second kappa shape index (κ2) is 9.59. The zero-order valence-electron chi connectivity index (χ0n) is 14.9. The number of nitrogens with one attached hydrogen (secondary N) is 1. The molecule has 0 spiro atoms. The Bertz CT molecular complexity index is 768. The van der Waals surface area contributed by atoms with Gasteiger partial charge in [0.05, 0.1) is 0 Å². The van der Waals surface area contributed by atoms with Crippen molar-refractivity contribution in [1.82, 2.24) is 10.2 Å². The van der Waals surface area contributed by atoms with Crippen molar-refractivity contribution in [3.05, 3.63) is 57.2 Å². The zero-order chi connectivity index (χ0) is 19.2. The van der Waals surface area contributed by atoms with Gasteiger partial charge in [0.25, 0.3) is 5.91 Å². The van der Waals surface area contributed by atoms with Gasteiger partial charge in [0.2, 0.25) is 5.91 Å². The number of halogens is 1. The van der Waals surface area contributed by atoms with E-state index in [4.69, 9.17) is 16.3 Å². The molecule has 2 unspecified atom stereocenters. The van der Waals surface area contributed by atoms with Crippen LogP contribution in [0.3, 0.4) is 0 Å². The fourth-order valence-electron chi connectivity index (χ4n) is 2.89.